The monoisotopic (exact) mass is 324 g/mol. The van der Waals surface area contributed by atoms with Gasteiger partial charge in [-0.25, -0.2) is 4.98 Å². The third kappa shape index (κ3) is 6.01. The highest BCUT2D eigenvalue weighted by Gasteiger charge is 2.09. The topological polar surface area (TPSA) is 69.0 Å². The lowest BCUT2D eigenvalue weighted by molar-refractivity contribution is -0.121. The SMILES string of the molecule is C[C@@H](Cn1cncn1)NC(=O)CCc1ccc(OC(F)F)cc1. The summed E-state index contributed by atoms with van der Waals surface area (Å²) in [5.74, 6) is 0.0279. The van der Waals surface area contributed by atoms with Gasteiger partial charge in [0.05, 0.1) is 6.54 Å². The number of rotatable bonds is 8. The zero-order valence-electron chi connectivity index (χ0n) is 12.7. The Morgan fingerprint density at radius 3 is 2.70 bits per heavy atom. The van der Waals surface area contributed by atoms with Gasteiger partial charge in [0.15, 0.2) is 0 Å². The average molecular weight is 324 g/mol. The van der Waals surface area contributed by atoms with Gasteiger partial charge in [0.2, 0.25) is 5.91 Å². The number of carbonyl (C=O) groups is 1. The molecule has 8 heteroatoms. The van der Waals surface area contributed by atoms with E-state index in [4.69, 9.17) is 0 Å². The van der Waals surface area contributed by atoms with Gasteiger partial charge in [0.1, 0.15) is 18.4 Å². The van der Waals surface area contributed by atoms with Crippen LogP contribution in [0.2, 0.25) is 0 Å². The average Bonchev–Trinajstić information content (AvgIpc) is 2.98. The molecule has 1 aromatic carbocycles. The molecule has 6 nitrogen and oxygen atoms in total. The molecule has 0 fully saturated rings. The first-order valence-corrected chi connectivity index (χ1v) is 7.18. The Morgan fingerprint density at radius 1 is 1.35 bits per heavy atom. The van der Waals surface area contributed by atoms with Crippen molar-refractivity contribution in [3.63, 3.8) is 0 Å². The van der Waals surface area contributed by atoms with Crippen LogP contribution in [0, 0.1) is 0 Å². The summed E-state index contributed by atoms with van der Waals surface area (Å²) in [6.45, 7) is -0.403. The number of hydrogen-bond acceptors (Lipinski definition) is 4. The minimum absolute atomic E-state index is 0.0639. The quantitative estimate of drug-likeness (QED) is 0.806. The number of benzene rings is 1. The van der Waals surface area contributed by atoms with Crippen molar-refractivity contribution in [2.45, 2.75) is 39.0 Å². The summed E-state index contributed by atoms with van der Waals surface area (Å²) in [6, 6.07) is 6.21. The molecule has 0 saturated carbocycles. The van der Waals surface area contributed by atoms with E-state index in [0.717, 1.165) is 5.56 Å². The number of halogens is 2. The van der Waals surface area contributed by atoms with Crippen molar-refractivity contribution >= 4 is 5.91 Å². The molecule has 0 bridgehead atoms. The molecule has 1 heterocycles. The van der Waals surface area contributed by atoms with E-state index in [1.54, 1.807) is 23.1 Å². The van der Waals surface area contributed by atoms with Gasteiger partial charge < -0.3 is 10.1 Å². The first-order chi connectivity index (χ1) is 11.0. The standard InChI is InChI=1S/C15H18F2N4O2/c1-11(8-21-10-18-9-19-21)20-14(22)7-4-12-2-5-13(6-3-12)23-15(16)17/h2-3,5-6,9-11,15H,4,7-8H2,1H3,(H,20,22)/t11-/m0/s1. The zero-order valence-corrected chi connectivity index (χ0v) is 12.7. The largest absolute Gasteiger partial charge is 0.435 e. The van der Waals surface area contributed by atoms with Gasteiger partial charge in [-0.2, -0.15) is 13.9 Å². The molecular formula is C15H18F2N4O2. The van der Waals surface area contributed by atoms with Gasteiger partial charge in [-0.05, 0) is 31.0 Å². The van der Waals surface area contributed by atoms with Crippen LogP contribution in [-0.2, 0) is 17.8 Å². The molecule has 0 aliphatic carbocycles. The molecule has 23 heavy (non-hydrogen) atoms. The molecule has 0 radical (unpaired) electrons. The van der Waals surface area contributed by atoms with Crippen LogP contribution >= 0.6 is 0 Å². The van der Waals surface area contributed by atoms with Gasteiger partial charge in [0.25, 0.3) is 0 Å². The number of aryl methyl sites for hydroxylation is 1. The fourth-order valence-corrected chi connectivity index (χ4v) is 2.10. The van der Waals surface area contributed by atoms with E-state index in [2.05, 4.69) is 20.1 Å². The molecule has 1 atom stereocenters. The van der Waals surface area contributed by atoms with E-state index in [-0.39, 0.29) is 17.7 Å². The minimum atomic E-state index is -2.84. The number of amides is 1. The molecule has 1 amide bonds. The maximum atomic E-state index is 12.0. The Balaban J connectivity index is 1.73. The Labute approximate surface area is 132 Å². The highest BCUT2D eigenvalue weighted by atomic mass is 19.3. The summed E-state index contributed by atoms with van der Waals surface area (Å²) < 4.78 is 30.0. The van der Waals surface area contributed by atoms with Gasteiger partial charge >= 0.3 is 6.61 Å². The normalized spacial score (nSPS) is 12.2. The predicted octanol–water partition coefficient (Wildman–Crippen LogP) is 2.02. The Bertz CT molecular complexity index is 602. The predicted molar refractivity (Wildman–Crippen MR) is 79.0 cm³/mol. The highest BCUT2D eigenvalue weighted by Crippen LogP contribution is 2.15. The number of aromatic nitrogens is 3. The van der Waals surface area contributed by atoms with E-state index in [1.165, 1.54) is 18.5 Å². The first kappa shape index (κ1) is 16.9. The van der Waals surface area contributed by atoms with E-state index in [9.17, 15) is 13.6 Å². The van der Waals surface area contributed by atoms with Gasteiger partial charge in [-0.15, -0.1) is 0 Å². The van der Waals surface area contributed by atoms with Gasteiger partial charge in [-0.1, -0.05) is 12.1 Å². The molecule has 0 saturated heterocycles. The maximum Gasteiger partial charge on any atom is 0.387 e. The van der Waals surface area contributed by atoms with Crippen molar-refractivity contribution in [3.05, 3.63) is 42.5 Å². The van der Waals surface area contributed by atoms with E-state index < -0.39 is 6.61 Å². The number of hydrogen-bond donors (Lipinski definition) is 1. The van der Waals surface area contributed by atoms with Crippen molar-refractivity contribution in [1.82, 2.24) is 20.1 Å². The van der Waals surface area contributed by atoms with E-state index in [0.29, 0.717) is 19.4 Å². The maximum absolute atomic E-state index is 12.0. The molecule has 1 aromatic heterocycles. The lowest BCUT2D eigenvalue weighted by atomic mass is 10.1. The van der Waals surface area contributed by atoms with Crippen LogP contribution in [0.5, 0.6) is 5.75 Å². The van der Waals surface area contributed by atoms with E-state index >= 15 is 0 Å². The van der Waals surface area contributed by atoms with Crippen molar-refractivity contribution in [2.75, 3.05) is 0 Å². The summed E-state index contributed by atoms with van der Waals surface area (Å²) in [6.07, 6.45) is 3.87. The van der Waals surface area contributed by atoms with Crippen LogP contribution in [0.15, 0.2) is 36.9 Å². The smallest absolute Gasteiger partial charge is 0.387 e. The lowest BCUT2D eigenvalue weighted by Crippen LogP contribution is -2.35. The van der Waals surface area contributed by atoms with Crippen molar-refractivity contribution in [2.24, 2.45) is 0 Å². The number of carbonyl (C=O) groups excluding carboxylic acids is 1. The van der Waals surface area contributed by atoms with Gasteiger partial charge in [0, 0.05) is 12.5 Å². The number of ether oxygens (including phenoxy) is 1. The molecule has 0 aliphatic rings. The van der Waals surface area contributed by atoms with Crippen LogP contribution in [-0.4, -0.2) is 33.3 Å². The summed E-state index contributed by atoms with van der Waals surface area (Å²) in [5, 5.41) is 6.85. The summed E-state index contributed by atoms with van der Waals surface area (Å²) in [7, 11) is 0. The van der Waals surface area contributed by atoms with Crippen LogP contribution in [0.25, 0.3) is 0 Å². The number of nitrogens with zero attached hydrogens (tertiary/aromatic N) is 3. The summed E-state index contributed by atoms with van der Waals surface area (Å²) in [4.78, 5) is 15.7. The van der Waals surface area contributed by atoms with Gasteiger partial charge in [-0.3, -0.25) is 9.48 Å². The summed E-state index contributed by atoms with van der Waals surface area (Å²) in [5.41, 5.74) is 0.880. The molecule has 2 aromatic rings. The number of alkyl halides is 2. The molecule has 124 valence electrons. The second-order valence-corrected chi connectivity index (χ2v) is 5.11. The van der Waals surface area contributed by atoms with E-state index in [1.807, 2.05) is 6.92 Å². The Hall–Kier alpha value is -2.51. The number of nitrogens with one attached hydrogen (secondary N) is 1. The molecule has 0 unspecified atom stereocenters. The second-order valence-electron chi connectivity index (χ2n) is 5.11. The molecular weight excluding hydrogens is 306 g/mol. The van der Waals surface area contributed by atoms with Crippen LogP contribution < -0.4 is 10.1 Å². The Kier molecular flexibility index (Phi) is 6.02. The fraction of sp³-hybridized carbons (Fsp3) is 0.400. The molecule has 2 rings (SSSR count). The highest BCUT2D eigenvalue weighted by molar-refractivity contribution is 5.76. The fourth-order valence-electron chi connectivity index (χ4n) is 2.10. The molecule has 0 spiro atoms. The van der Waals surface area contributed by atoms with Crippen molar-refractivity contribution in [3.8, 4) is 5.75 Å². The van der Waals surface area contributed by atoms with Crippen molar-refractivity contribution in [1.29, 1.82) is 0 Å². The third-order valence-corrected chi connectivity index (χ3v) is 3.12. The van der Waals surface area contributed by atoms with Crippen LogP contribution in [0.4, 0.5) is 8.78 Å². The molecule has 1 N–H and O–H groups in total. The minimum Gasteiger partial charge on any atom is -0.435 e. The Morgan fingerprint density at radius 2 is 2.09 bits per heavy atom. The van der Waals surface area contributed by atoms with Crippen molar-refractivity contribution < 1.29 is 18.3 Å². The van der Waals surface area contributed by atoms with Crippen LogP contribution in [0.1, 0.15) is 18.9 Å². The molecule has 0 aliphatic heterocycles. The summed E-state index contributed by atoms with van der Waals surface area (Å²) >= 11 is 0. The first-order valence-electron chi connectivity index (χ1n) is 7.18. The zero-order chi connectivity index (χ0) is 16.7. The van der Waals surface area contributed by atoms with Crippen LogP contribution in [0.3, 0.4) is 0 Å². The lowest BCUT2D eigenvalue weighted by Gasteiger charge is -2.13. The third-order valence-electron chi connectivity index (χ3n) is 3.12. The second kappa shape index (κ2) is 8.21.